The quantitative estimate of drug-likeness (QED) is 0.685. The fourth-order valence-electron chi connectivity index (χ4n) is 0.827. The van der Waals surface area contributed by atoms with Gasteiger partial charge < -0.3 is 9.53 Å². The zero-order chi connectivity index (χ0) is 12.3. The first kappa shape index (κ1) is 16.7. The van der Waals surface area contributed by atoms with Crippen LogP contribution in [-0.2, 0) is 14.3 Å². The molecule has 0 amide bonds. The number of ketones is 2. The van der Waals surface area contributed by atoms with Crippen LogP contribution in [0.15, 0.2) is 0 Å². The predicted octanol–water partition coefficient (Wildman–Crippen LogP) is 2.62. The molecule has 0 spiro atoms. The molecule has 0 radical (unpaired) electrons. The molecular weight excluding hydrogens is 192 g/mol. The minimum Gasteiger partial charge on any atom is -0.385 e. The molecule has 0 aromatic heterocycles. The van der Waals surface area contributed by atoms with Crippen molar-refractivity contribution in [1.29, 1.82) is 0 Å². The van der Waals surface area contributed by atoms with Crippen LogP contribution < -0.4 is 0 Å². The van der Waals surface area contributed by atoms with E-state index in [1.807, 2.05) is 6.92 Å². The van der Waals surface area contributed by atoms with Crippen LogP contribution in [0.3, 0.4) is 0 Å². The molecule has 0 aliphatic heterocycles. The van der Waals surface area contributed by atoms with E-state index in [1.54, 1.807) is 21.0 Å². The molecule has 0 fully saturated rings. The Morgan fingerprint density at radius 2 is 1.80 bits per heavy atom. The highest BCUT2D eigenvalue weighted by molar-refractivity contribution is 5.79. The van der Waals surface area contributed by atoms with Gasteiger partial charge in [-0.2, -0.15) is 0 Å². The third kappa shape index (κ3) is 16.0. The second-order valence-electron chi connectivity index (χ2n) is 3.75. The lowest BCUT2D eigenvalue weighted by Gasteiger charge is -2.03. The summed E-state index contributed by atoms with van der Waals surface area (Å²) in [5, 5.41) is 0. The predicted molar refractivity (Wildman–Crippen MR) is 61.9 cm³/mol. The van der Waals surface area contributed by atoms with Gasteiger partial charge >= 0.3 is 0 Å². The molecule has 3 heteroatoms. The molecule has 0 aromatic rings. The van der Waals surface area contributed by atoms with Crippen molar-refractivity contribution in [3.05, 3.63) is 0 Å². The molecule has 0 saturated carbocycles. The maximum Gasteiger partial charge on any atom is 0.132 e. The summed E-state index contributed by atoms with van der Waals surface area (Å²) in [6, 6.07) is 0. The number of hydrogen-bond donors (Lipinski definition) is 0. The summed E-state index contributed by atoms with van der Waals surface area (Å²) in [5.41, 5.74) is 0. The monoisotopic (exact) mass is 216 g/mol. The molecule has 0 aliphatic carbocycles. The van der Waals surface area contributed by atoms with E-state index >= 15 is 0 Å². The number of hydrogen-bond acceptors (Lipinski definition) is 3. The zero-order valence-corrected chi connectivity index (χ0v) is 10.6. The van der Waals surface area contributed by atoms with Crippen molar-refractivity contribution in [1.82, 2.24) is 0 Å². The van der Waals surface area contributed by atoms with Crippen molar-refractivity contribution in [2.24, 2.45) is 5.92 Å². The van der Waals surface area contributed by atoms with E-state index in [4.69, 9.17) is 4.74 Å². The molecule has 0 aromatic carbocycles. The van der Waals surface area contributed by atoms with Crippen molar-refractivity contribution >= 4 is 11.6 Å². The average molecular weight is 216 g/mol. The van der Waals surface area contributed by atoms with Crippen molar-refractivity contribution in [2.75, 3.05) is 13.7 Å². The molecular formula is C12H24O3. The van der Waals surface area contributed by atoms with Crippen LogP contribution in [-0.4, -0.2) is 25.3 Å². The van der Waals surface area contributed by atoms with Crippen molar-refractivity contribution in [2.45, 2.75) is 47.0 Å². The molecule has 15 heavy (non-hydrogen) atoms. The highest BCUT2D eigenvalue weighted by atomic mass is 16.5. The van der Waals surface area contributed by atoms with Gasteiger partial charge in [-0.1, -0.05) is 13.8 Å². The van der Waals surface area contributed by atoms with Gasteiger partial charge in [-0.25, -0.2) is 0 Å². The van der Waals surface area contributed by atoms with Crippen LogP contribution in [0.1, 0.15) is 47.0 Å². The second kappa shape index (κ2) is 11.4. The SMILES string of the molecule is CC(=O)CCC(C)C(C)=O.CCCOC. The Kier molecular flexibility index (Phi) is 12.7. The number of carbonyl (C=O) groups excluding carboxylic acids is 2. The molecule has 3 nitrogen and oxygen atoms in total. The summed E-state index contributed by atoms with van der Waals surface area (Å²) in [5.74, 6) is 0.373. The summed E-state index contributed by atoms with van der Waals surface area (Å²) >= 11 is 0. The Labute approximate surface area is 93.2 Å². The molecule has 0 aliphatic rings. The lowest BCUT2D eigenvalue weighted by atomic mass is 10.0. The highest BCUT2D eigenvalue weighted by Gasteiger charge is 2.07. The summed E-state index contributed by atoms with van der Waals surface area (Å²) in [6.07, 6.45) is 2.35. The Bertz CT molecular complexity index is 174. The molecule has 0 rings (SSSR count). The minimum atomic E-state index is 0.0453. The molecule has 0 bridgehead atoms. The van der Waals surface area contributed by atoms with Gasteiger partial charge in [0.2, 0.25) is 0 Å². The fraction of sp³-hybridized carbons (Fsp3) is 0.833. The summed E-state index contributed by atoms with van der Waals surface area (Å²) < 4.78 is 4.69. The Balaban J connectivity index is 0. The van der Waals surface area contributed by atoms with Gasteiger partial charge in [-0.05, 0) is 26.7 Å². The van der Waals surface area contributed by atoms with Gasteiger partial charge in [-0.15, -0.1) is 0 Å². The van der Waals surface area contributed by atoms with Gasteiger partial charge in [0, 0.05) is 26.1 Å². The van der Waals surface area contributed by atoms with E-state index in [-0.39, 0.29) is 17.5 Å². The number of ether oxygens (including phenoxy) is 1. The van der Waals surface area contributed by atoms with Gasteiger partial charge in [-0.3, -0.25) is 4.79 Å². The molecule has 0 saturated heterocycles. The number of Topliss-reactive ketones (excluding diaryl/α,β-unsaturated/α-hetero) is 2. The summed E-state index contributed by atoms with van der Waals surface area (Å²) in [4.78, 5) is 21.1. The number of rotatable bonds is 6. The molecule has 0 heterocycles. The number of methoxy groups -OCH3 is 1. The molecule has 1 atom stereocenters. The van der Waals surface area contributed by atoms with Gasteiger partial charge in [0.05, 0.1) is 0 Å². The lowest BCUT2D eigenvalue weighted by Crippen LogP contribution is -2.07. The van der Waals surface area contributed by atoms with Crippen LogP contribution in [0.2, 0.25) is 0 Å². The van der Waals surface area contributed by atoms with Crippen LogP contribution in [0.25, 0.3) is 0 Å². The lowest BCUT2D eigenvalue weighted by molar-refractivity contribution is -0.121. The van der Waals surface area contributed by atoms with E-state index in [9.17, 15) is 9.59 Å². The summed E-state index contributed by atoms with van der Waals surface area (Å²) in [6.45, 7) is 7.94. The average Bonchev–Trinajstić information content (AvgIpc) is 2.16. The Morgan fingerprint density at radius 1 is 1.27 bits per heavy atom. The smallest absolute Gasteiger partial charge is 0.132 e. The Morgan fingerprint density at radius 3 is 2.00 bits per heavy atom. The van der Waals surface area contributed by atoms with E-state index in [1.165, 1.54) is 0 Å². The number of carbonyl (C=O) groups is 2. The van der Waals surface area contributed by atoms with E-state index in [2.05, 4.69) is 6.92 Å². The highest BCUT2D eigenvalue weighted by Crippen LogP contribution is 2.06. The topological polar surface area (TPSA) is 43.4 Å². The van der Waals surface area contributed by atoms with Crippen LogP contribution in [0.5, 0.6) is 0 Å². The third-order valence-electron chi connectivity index (χ3n) is 2.03. The first-order valence-corrected chi connectivity index (χ1v) is 5.44. The van der Waals surface area contributed by atoms with Crippen molar-refractivity contribution < 1.29 is 14.3 Å². The van der Waals surface area contributed by atoms with Crippen molar-refractivity contribution in [3.63, 3.8) is 0 Å². The zero-order valence-electron chi connectivity index (χ0n) is 10.6. The largest absolute Gasteiger partial charge is 0.385 e. The second-order valence-corrected chi connectivity index (χ2v) is 3.75. The van der Waals surface area contributed by atoms with Crippen LogP contribution in [0, 0.1) is 5.92 Å². The van der Waals surface area contributed by atoms with E-state index in [0.29, 0.717) is 12.8 Å². The van der Waals surface area contributed by atoms with E-state index in [0.717, 1.165) is 13.0 Å². The fourth-order valence-corrected chi connectivity index (χ4v) is 0.827. The molecule has 1 unspecified atom stereocenters. The van der Waals surface area contributed by atoms with Crippen LogP contribution in [0.4, 0.5) is 0 Å². The van der Waals surface area contributed by atoms with Crippen molar-refractivity contribution in [3.8, 4) is 0 Å². The first-order valence-electron chi connectivity index (χ1n) is 5.44. The minimum absolute atomic E-state index is 0.0453. The molecule has 0 N–H and O–H groups in total. The van der Waals surface area contributed by atoms with Gasteiger partial charge in [0.1, 0.15) is 11.6 Å². The molecule has 90 valence electrons. The van der Waals surface area contributed by atoms with E-state index < -0.39 is 0 Å². The normalized spacial score (nSPS) is 11.3. The van der Waals surface area contributed by atoms with Crippen LogP contribution >= 0.6 is 0 Å². The standard InChI is InChI=1S/C8H14O2.C4H10O/c1-6(8(3)10)4-5-7(2)9;1-3-4-5-2/h6H,4-5H2,1-3H3;3-4H2,1-2H3. The third-order valence-corrected chi connectivity index (χ3v) is 2.03. The Hall–Kier alpha value is -0.700. The first-order chi connectivity index (χ1) is 6.95. The maximum atomic E-state index is 10.6. The van der Waals surface area contributed by atoms with Gasteiger partial charge in [0.15, 0.2) is 0 Å². The van der Waals surface area contributed by atoms with Gasteiger partial charge in [0.25, 0.3) is 0 Å². The maximum absolute atomic E-state index is 10.6. The summed E-state index contributed by atoms with van der Waals surface area (Å²) in [7, 11) is 1.71.